The molecule has 0 bridgehead atoms. The molecule has 1 rings (SSSR count). The summed E-state index contributed by atoms with van der Waals surface area (Å²) in [6, 6.07) is 1.29. The average molecular weight is 246 g/mol. The van der Waals surface area contributed by atoms with Gasteiger partial charge in [0.05, 0.1) is 5.69 Å². The van der Waals surface area contributed by atoms with Crippen molar-refractivity contribution in [2.75, 3.05) is 4.72 Å². The molecule has 0 unspecified atom stereocenters. The van der Waals surface area contributed by atoms with E-state index in [1.54, 1.807) is 0 Å². The first-order valence-electron chi connectivity index (χ1n) is 3.17. The number of hydrogen-bond acceptors (Lipinski definition) is 2. The predicted octanol–water partition coefficient (Wildman–Crippen LogP) is 2.00. The lowest BCUT2D eigenvalue weighted by Gasteiger charge is -2.04. The van der Waals surface area contributed by atoms with E-state index in [2.05, 4.69) is 0 Å². The minimum atomic E-state index is -4.24. The quantitative estimate of drug-likeness (QED) is 0.640. The Bertz CT molecular complexity index is 462. The van der Waals surface area contributed by atoms with Crippen molar-refractivity contribution < 1.29 is 21.6 Å². The Morgan fingerprint density at radius 2 is 1.71 bits per heavy atom. The van der Waals surface area contributed by atoms with Crippen LogP contribution in [0.4, 0.5) is 18.9 Å². The van der Waals surface area contributed by atoms with E-state index >= 15 is 0 Å². The van der Waals surface area contributed by atoms with E-state index in [9.17, 15) is 21.6 Å². The van der Waals surface area contributed by atoms with Gasteiger partial charge in [-0.25, -0.2) is 13.2 Å². The average Bonchev–Trinajstić information content (AvgIpc) is 2.04. The molecule has 0 aliphatic carbocycles. The number of rotatable bonds is 2. The van der Waals surface area contributed by atoms with Crippen LogP contribution in [0, 0.1) is 17.5 Å². The largest absolute Gasteiger partial charge is 0.319 e. The van der Waals surface area contributed by atoms with E-state index < -0.39 is 32.4 Å². The van der Waals surface area contributed by atoms with Gasteiger partial charge < -0.3 is 0 Å². The summed E-state index contributed by atoms with van der Waals surface area (Å²) in [4.78, 5) is 0. The van der Waals surface area contributed by atoms with Crippen molar-refractivity contribution in [2.45, 2.75) is 0 Å². The van der Waals surface area contributed by atoms with Gasteiger partial charge in [0, 0.05) is 10.7 Å². The molecule has 1 aromatic rings. The summed E-state index contributed by atoms with van der Waals surface area (Å²) in [6.07, 6.45) is 0. The molecule has 1 N–H and O–H groups in total. The maximum absolute atomic E-state index is 12.8. The summed E-state index contributed by atoms with van der Waals surface area (Å²) in [5, 5.41) is 0. The molecular weight excluding hydrogens is 243 g/mol. The van der Waals surface area contributed by atoms with Crippen molar-refractivity contribution >= 4 is 25.6 Å². The van der Waals surface area contributed by atoms with Gasteiger partial charge in [-0.1, -0.05) is 0 Å². The fraction of sp³-hybridized carbons (Fsp3) is 0. The molecule has 0 aliphatic heterocycles. The topological polar surface area (TPSA) is 46.2 Å². The summed E-state index contributed by atoms with van der Waals surface area (Å²) in [6.45, 7) is 0. The van der Waals surface area contributed by atoms with Gasteiger partial charge >= 0.3 is 9.24 Å². The van der Waals surface area contributed by atoms with Crippen molar-refractivity contribution in [2.24, 2.45) is 0 Å². The van der Waals surface area contributed by atoms with Crippen molar-refractivity contribution in [1.82, 2.24) is 0 Å². The minimum absolute atomic E-state index is 0.572. The lowest BCUT2D eigenvalue weighted by Crippen LogP contribution is -2.07. The zero-order chi connectivity index (χ0) is 10.9. The smallest absolute Gasteiger partial charge is 0.268 e. The van der Waals surface area contributed by atoms with E-state index in [0.717, 1.165) is 0 Å². The van der Waals surface area contributed by atoms with E-state index in [0.29, 0.717) is 12.1 Å². The highest BCUT2D eigenvalue weighted by Crippen LogP contribution is 2.21. The molecule has 0 radical (unpaired) electrons. The van der Waals surface area contributed by atoms with Gasteiger partial charge in [0.25, 0.3) is 0 Å². The van der Waals surface area contributed by atoms with E-state index in [1.165, 1.54) is 4.72 Å². The third kappa shape index (κ3) is 2.52. The van der Waals surface area contributed by atoms with Crippen LogP contribution in [-0.4, -0.2) is 8.42 Å². The number of benzene rings is 1. The highest BCUT2D eigenvalue weighted by molar-refractivity contribution is 8.14. The number of hydrogen-bond donors (Lipinski definition) is 1. The zero-order valence-corrected chi connectivity index (χ0v) is 7.96. The fourth-order valence-electron chi connectivity index (χ4n) is 0.736. The third-order valence-electron chi connectivity index (χ3n) is 1.27. The molecule has 0 fully saturated rings. The van der Waals surface area contributed by atoms with Gasteiger partial charge in [0.2, 0.25) is 0 Å². The summed E-state index contributed by atoms with van der Waals surface area (Å²) in [5.41, 5.74) is -0.751. The summed E-state index contributed by atoms with van der Waals surface area (Å²) in [7, 11) is 0.474. The van der Waals surface area contributed by atoms with Crippen LogP contribution in [0.15, 0.2) is 12.1 Å². The standard InChI is InChI=1S/C6H3ClF3NO2S/c7-14(12,13)11-4-2-1-3(8)5(9)6(4)10/h1-2,11H. The molecular formula is C6H3ClF3NO2S. The highest BCUT2D eigenvalue weighted by atomic mass is 35.7. The van der Waals surface area contributed by atoms with Crippen molar-refractivity contribution in [3.8, 4) is 0 Å². The maximum atomic E-state index is 12.8. The van der Waals surface area contributed by atoms with Crippen LogP contribution in [0.5, 0.6) is 0 Å². The lowest BCUT2D eigenvalue weighted by atomic mass is 10.3. The Morgan fingerprint density at radius 1 is 1.14 bits per heavy atom. The fourth-order valence-corrected chi connectivity index (χ4v) is 1.41. The first-order chi connectivity index (χ1) is 6.31. The van der Waals surface area contributed by atoms with Gasteiger partial charge in [-0.2, -0.15) is 8.42 Å². The summed E-state index contributed by atoms with van der Waals surface area (Å²) in [5.74, 6) is -4.83. The number of anilines is 1. The third-order valence-corrected chi connectivity index (χ3v) is 1.96. The summed E-state index contributed by atoms with van der Waals surface area (Å²) < 4.78 is 60.0. The van der Waals surface area contributed by atoms with Crippen molar-refractivity contribution in [1.29, 1.82) is 0 Å². The Labute approximate surface area is 82.0 Å². The Hall–Kier alpha value is -0.950. The SMILES string of the molecule is O=S(=O)(Cl)Nc1ccc(F)c(F)c1F. The molecule has 78 valence electrons. The van der Waals surface area contributed by atoms with Crippen LogP contribution in [0.2, 0.25) is 0 Å². The highest BCUT2D eigenvalue weighted by Gasteiger charge is 2.16. The molecule has 14 heavy (non-hydrogen) atoms. The van der Waals surface area contributed by atoms with Gasteiger partial charge in [-0.15, -0.1) is 0 Å². The zero-order valence-electron chi connectivity index (χ0n) is 6.39. The molecule has 0 saturated heterocycles. The van der Waals surface area contributed by atoms with Gasteiger partial charge in [0.15, 0.2) is 17.5 Å². The van der Waals surface area contributed by atoms with Crippen molar-refractivity contribution in [3.63, 3.8) is 0 Å². The van der Waals surface area contributed by atoms with Crippen LogP contribution in [0.1, 0.15) is 0 Å². The normalized spacial score (nSPS) is 11.4. The van der Waals surface area contributed by atoms with Gasteiger partial charge in [0.1, 0.15) is 0 Å². The molecule has 0 atom stereocenters. The molecule has 1 aromatic carbocycles. The van der Waals surface area contributed by atoms with E-state index in [-0.39, 0.29) is 0 Å². The lowest BCUT2D eigenvalue weighted by molar-refractivity contribution is 0.449. The second kappa shape index (κ2) is 3.66. The number of halogens is 4. The second-order valence-corrected chi connectivity index (χ2v) is 4.56. The first kappa shape index (κ1) is 11.1. The van der Waals surface area contributed by atoms with Crippen LogP contribution in [0.3, 0.4) is 0 Å². The second-order valence-electron chi connectivity index (χ2n) is 2.26. The molecule has 0 spiro atoms. The summed E-state index contributed by atoms with van der Waals surface area (Å²) >= 11 is 0. The molecule has 0 aliphatic rings. The van der Waals surface area contributed by atoms with E-state index in [1.807, 2.05) is 0 Å². The van der Waals surface area contributed by atoms with Gasteiger partial charge in [-0.05, 0) is 12.1 Å². The predicted molar refractivity (Wildman–Crippen MR) is 44.7 cm³/mol. The van der Waals surface area contributed by atoms with Crippen LogP contribution in [0.25, 0.3) is 0 Å². The van der Waals surface area contributed by atoms with Crippen LogP contribution >= 0.6 is 10.7 Å². The van der Waals surface area contributed by atoms with Crippen LogP contribution in [-0.2, 0) is 9.24 Å². The van der Waals surface area contributed by atoms with Crippen molar-refractivity contribution in [3.05, 3.63) is 29.6 Å². The maximum Gasteiger partial charge on any atom is 0.319 e. The molecule has 0 saturated carbocycles. The number of nitrogens with one attached hydrogen (secondary N) is 1. The molecule has 0 aromatic heterocycles. The molecule has 3 nitrogen and oxygen atoms in total. The van der Waals surface area contributed by atoms with Crippen LogP contribution < -0.4 is 4.72 Å². The Morgan fingerprint density at radius 3 is 2.21 bits per heavy atom. The Balaban J connectivity index is 3.19. The Kier molecular flexibility index (Phi) is 2.91. The molecule has 0 amide bonds. The molecule has 0 heterocycles. The monoisotopic (exact) mass is 245 g/mol. The minimum Gasteiger partial charge on any atom is -0.268 e. The first-order valence-corrected chi connectivity index (χ1v) is 5.48. The molecule has 8 heteroatoms. The van der Waals surface area contributed by atoms with Gasteiger partial charge in [-0.3, -0.25) is 4.72 Å². The van der Waals surface area contributed by atoms with E-state index in [4.69, 9.17) is 10.7 Å².